The van der Waals surface area contributed by atoms with Gasteiger partial charge >= 0.3 is 6.01 Å². The van der Waals surface area contributed by atoms with Crippen LogP contribution in [-0.2, 0) is 17.8 Å². The number of piperazine rings is 1. The Morgan fingerprint density at radius 1 is 1.15 bits per heavy atom. The molecule has 1 saturated carbocycles. The highest BCUT2D eigenvalue weighted by Gasteiger charge is 2.42. The first-order valence-corrected chi connectivity index (χ1v) is 14.1. The molecule has 1 aromatic heterocycles. The highest BCUT2D eigenvalue weighted by Crippen LogP contribution is 2.36. The lowest BCUT2D eigenvalue weighted by Crippen LogP contribution is -2.55. The zero-order valence-corrected chi connectivity index (χ0v) is 23.5. The Morgan fingerprint density at radius 3 is 2.71 bits per heavy atom. The van der Waals surface area contributed by atoms with Crippen LogP contribution in [-0.4, -0.2) is 84.1 Å². The van der Waals surface area contributed by atoms with Gasteiger partial charge in [0.1, 0.15) is 11.9 Å². The molecule has 10 heteroatoms. The predicted molar refractivity (Wildman–Crippen MR) is 155 cm³/mol. The molecular formula is C31H34FN7O2. The molecule has 0 bridgehead atoms. The van der Waals surface area contributed by atoms with Crippen LogP contribution in [0.4, 0.5) is 15.9 Å². The number of rotatable bonds is 7. The Morgan fingerprint density at radius 2 is 1.95 bits per heavy atom. The molecular weight excluding hydrogens is 521 g/mol. The van der Waals surface area contributed by atoms with E-state index in [2.05, 4.69) is 69.8 Å². The molecule has 6 rings (SSSR count). The second kappa shape index (κ2) is 11.0. The second-order valence-corrected chi connectivity index (χ2v) is 11.2. The summed E-state index contributed by atoms with van der Waals surface area (Å²) in [6.07, 6.45) is 1.78. The number of hydrogen-bond donors (Lipinski definition) is 0. The number of nitrogens with zero attached hydrogens (tertiary/aromatic N) is 7. The third-order valence-electron chi connectivity index (χ3n) is 8.35. The number of amides is 1. The van der Waals surface area contributed by atoms with Crippen molar-refractivity contribution in [2.45, 2.75) is 44.0 Å². The van der Waals surface area contributed by atoms with Crippen molar-refractivity contribution in [3.05, 3.63) is 66.1 Å². The maximum atomic E-state index is 13.8. The highest BCUT2D eigenvalue weighted by molar-refractivity contribution is 5.94. The van der Waals surface area contributed by atoms with Gasteiger partial charge in [0.05, 0.1) is 30.8 Å². The summed E-state index contributed by atoms with van der Waals surface area (Å²) < 4.78 is 20.0. The number of likely N-dealkylation sites (N-methyl/N-ethyl adjacent to an activating group) is 1. The summed E-state index contributed by atoms with van der Waals surface area (Å²) in [5.74, 6) is -0.989. The maximum Gasteiger partial charge on any atom is 0.319 e. The van der Waals surface area contributed by atoms with E-state index in [0.29, 0.717) is 31.7 Å². The van der Waals surface area contributed by atoms with E-state index in [-0.39, 0.29) is 19.1 Å². The van der Waals surface area contributed by atoms with Crippen LogP contribution in [0.2, 0.25) is 0 Å². The molecule has 2 fully saturated rings. The summed E-state index contributed by atoms with van der Waals surface area (Å²) in [7, 11) is 4.08. The summed E-state index contributed by atoms with van der Waals surface area (Å²) in [5, 5.41) is 11.9. The van der Waals surface area contributed by atoms with Crippen molar-refractivity contribution in [2.24, 2.45) is 0 Å². The van der Waals surface area contributed by atoms with Gasteiger partial charge in [0, 0.05) is 55.3 Å². The third kappa shape index (κ3) is 5.30. The number of carbonyl (C=O) groups excluding carboxylic acids is 1. The van der Waals surface area contributed by atoms with Crippen LogP contribution >= 0.6 is 0 Å². The van der Waals surface area contributed by atoms with Crippen LogP contribution in [0, 0.1) is 11.3 Å². The van der Waals surface area contributed by atoms with E-state index in [1.807, 2.05) is 14.1 Å². The van der Waals surface area contributed by atoms with Gasteiger partial charge in [0.2, 0.25) is 0 Å². The number of carbonyl (C=O) groups is 1. The smallest absolute Gasteiger partial charge is 0.319 e. The van der Waals surface area contributed by atoms with Crippen molar-refractivity contribution in [3.8, 4) is 12.1 Å². The molecule has 3 heterocycles. The number of aromatic nitrogens is 2. The van der Waals surface area contributed by atoms with Crippen molar-refractivity contribution in [2.75, 3.05) is 50.1 Å². The monoisotopic (exact) mass is 555 g/mol. The summed E-state index contributed by atoms with van der Waals surface area (Å²) >= 11 is 0. The number of halogens is 1. The van der Waals surface area contributed by atoms with E-state index in [9.17, 15) is 14.4 Å². The second-order valence-electron chi connectivity index (χ2n) is 11.2. The molecule has 2 aliphatic heterocycles. The molecule has 41 heavy (non-hydrogen) atoms. The summed E-state index contributed by atoms with van der Waals surface area (Å²) in [6, 6.07) is 17.1. The Bertz CT molecular complexity index is 1530. The van der Waals surface area contributed by atoms with Crippen LogP contribution in [0.3, 0.4) is 0 Å². The normalized spacial score (nSPS) is 21.9. The molecule has 0 radical (unpaired) electrons. The first-order chi connectivity index (χ1) is 19.8. The number of anilines is 2. The minimum atomic E-state index is -1.01. The average Bonchev–Trinajstić information content (AvgIpc) is 3.75. The van der Waals surface area contributed by atoms with Crippen LogP contribution in [0.15, 0.2) is 54.9 Å². The van der Waals surface area contributed by atoms with Crippen molar-refractivity contribution >= 4 is 28.2 Å². The lowest BCUT2D eigenvalue weighted by atomic mass is 10.0. The molecule has 3 aromatic rings. The van der Waals surface area contributed by atoms with E-state index < -0.39 is 17.8 Å². The molecule has 9 nitrogen and oxygen atoms in total. The van der Waals surface area contributed by atoms with Crippen LogP contribution < -0.4 is 14.5 Å². The minimum absolute atomic E-state index is 0.0324. The van der Waals surface area contributed by atoms with E-state index in [4.69, 9.17) is 14.7 Å². The fourth-order valence-corrected chi connectivity index (χ4v) is 6.11. The minimum Gasteiger partial charge on any atom is -0.458 e. The van der Waals surface area contributed by atoms with Crippen LogP contribution in [0.5, 0.6) is 6.01 Å². The fourth-order valence-electron chi connectivity index (χ4n) is 6.11. The van der Waals surface area contributed by atoms with Crippen LogP contribution in [0.25, 0.3) is 10.8 Å². The zero-order chi connectivity index (χ0) is 28.7. The van der Waals surface area contributed by atoms with Gasteiger partial charge in [0.25, 0.3) is 5.91 Å². The lowest BCUT2D eigenvalue weighted by molar-refractivity contribution is -0.131. The molecule has 0 N–H and O–H groups in total. The van der Waals surface area contributed by atoms with E-state index in [1.54, 1.807) is 0 Å². The van der Waals surface area contributed by atoms with Crippen molar-refractivity contribution in [3.63, 3.8) is 0 Å². The van der Waals surface area contributed by atoms with Crippen LogP contribution in [0.1, 0.15) is 24.1 Å². The molecule has 1 aliphatic carbocycles. The topological polar surface area (TPSA) is 88.8 Å². The highest BCUT2D eigenvalue weighted by atomic mass is 19.1. The third-order valence-corrected chi connectivity index (χ3v) is 8.35. The van der Waals surface area contributed by atoms with Crippen molar-refractivity contribution in [1.29, 1.82) is 5.26 Å². The number of benzene rings is 2. The molecule has 0 spiro atoms. The Balaban J connectivity index is 1.33. The Kier molecular flexibility index (Phi) is 7.22. The summed E-state index contributed by atoms with van der Waals surface area (Å²) in [4.78, 5) is 30.3. The standard InChI is InChI=1S/C31H34FN7O2/c1-20(32)30(40)39-16-15-38(18-22(39)11-13-33)29-24-12-14-37(26-10-6-8-21-7-4-5-9-23(21)26)19-25(24)34-31(35-29)41-28-17-27(28)36(2)3/h4-10,22,27-28H,1,11-12,14-19H2,2-3H3/t22-,27?,28?/m0/s1. The van der Waals surface area contributed by atoms with Gasteiger partial charge in [-0.15, -0.1) is 0 Å². The zero-order valence-electron chi connectivity index (χ0n) is 23.5. The lowest BCUT2D eigenvalue weighted by Gasteiger charge is -2.42. The molecule has 1 saturated heterocycles. The first-order valence-electron chi connectivity index (χ1n) is 14.1. The molecule has 1 amide bonds. The van der Waals surface area contributed by atoms with E-state index >= 15 is 0 Å². The van der Waals surface area contributed by atoms with Crippen molar-refractivity contribution < 1.29 is 13.9 Å². The van der Waals surface area contributed by atoms with Gasteiger partial charge in [-0.25, -0.2) is 4.39 Å². The number of hydrogen-bond acceptors (Lipinski definition) is 8. The SMILES string of the molecule is C=C(F)C(=O)N1CCN(c2nc(OC3CC3N(C)C)nc3c2CCN(c2cccc4ccccc24)C3)C[C@@H]1CC#N. The summed E-state index contributed by atoms with van der Waals surface area (Å²) in [5.41, 5.74) is 3.14. The van der Waals surface area contributed by atoms with Gasteiger partial charge in [-0.1, -0.05) is 43.0 Å². The van der Waals surface area contributed by atoms with E-state index in [0.717, 1.165) is 36.5 Å². The molecule has 3 atom stereocenters. The number of nitriles is 1. The number of fused-ring (bicyclic) bond motifs is 2. The maximum absolute atomic E-state index is 13.8. The van der Waals surface area contributed by atoms with Gasteiger partial charge < -0.3 is 24.3 Å². The fraction of sp³-hybridized carbons (Fsp3) is 0.419. The Hall–Kier alpha value is -4.23. The molecule has 3 aliphatic rings. The van der Waals surface area contributed by atoms with Gasteiger partial charge in [-0.2, -0.15) is 15.2 Å². The van der Waals surface area contributed by atoms with Gasteiger partial charge in [0.15, 0.2) is 5.83 Å². The van der Waals surface area contributed by atoms with Crippen molar-refractivity contribution in [1.82, 2.24) is 19.8 Å². The average molecular weight is 556 g/mol. The van der Waals surface area contributed by atoms with Gasteiger partial charge in [-0.3, -0.25) is 4.79 Å². The molecule has 2 aromatic carbocycles. The number of ether oxygens (including phenoxy) is 1. The summed E-state index contributed by atoms with van der Waals surface area (Å²) in [6.45, 7) is 5.68. The Labute approximate surface area is 239 Å². The quantitative estimate of drug-likeness (QED) is 0.408. The largest absolute Gasteiger partial charge is 0.458 e. The molecule has 2 unspecified atom stereocenters. The van der Waals surface area contributed by atoms with Gasteiger partial charge in [-0.05, 0) is 32.0 Å². The first kappa shape index (κ1) is 27.0. The molecule has 212 valence electrons. The van der Waals surface area contributed by atoms with E-state index in [1.165, 1.54) is 21.4 Å². The predicted octanol–water partition coefficient (Wildman–Crippen LogP) is 3.69.